The fraction of sp³-hybridized carbons (Fsp3) is 0.438. The second kappa shape index (κ2) is 7.85. The smallest absolute Gasteiger partial charge is 0.416 e. The number of benzene rings is 1. The van der Waals surface area contributed by atoms with E-state index in [2.05, 4.69) is 9.88 Å². The van der Waals surface area contributed by atoms with Crippen LogP contribution in [0.4, 0.5) is 4.79 Å². The van der Waals surface area contributed by atoms with Crippen LogP contribution in [-0.4, -0.2) is 69.4 Å². The number of carbonyl (C=O) groups is 1. The molecule has 0 aliphatic rings. The molecule has 2 aromatic rings. The number of hydrogen-bond acceptors (Lipinski definition) is 6. The second-order valence-corrected chi connectivity index (χ2v) is 8.18. The number of hydrogen-bond donors (Lipinski definition) is 1. The van der Waals surface area contributed by atoms with Gasteiger partial charge in [-0.05, 0) is 38.2 Å². The van der Waals surface area contributed by atoms with Gasteiger partial charge in [-0.2, -0.15) is 0 Å². The summed E-state index contributed by atoms with van der Waals surface area (Å²) in [6.45, 7) is 0.840. The van der Waals surface area contributed by atoms with Crippen molar-refractivity contribution in [3.05, 3.63) is 30.0 Å². The largest absolute Gasteiger partial charge is 0.514 e. The molecule has 0 aliphatic heterocycles. The minimum absolute atomic E-state index is 0.333. The lowest BCUT2D eigenvalue weighted by atomic mass is 10.1. The number of aromatic nitrogens is 1. The molecule has 2 rings (SSSR count). The number of likely N-dealkylation sites (N-methyl/N-ethyl adjacent to an activating group) is 1. The Morgan fingerprint density at radius 1 is 1.20 bits per heavy atom. The lowest BCUT2D eigenvalue weighted by Gasteiger charge is -2.12. The Bertz CT molecular complexity index is 843. The van der Waals surface area contributed by atoms with E-state index in [1.807, 2.05) is 26.4 Å². The van der Waals surface area contributed by atoms with Crippen LogP contribution in [0.2, 0.25) is 0 Å². The van der Waals surface area contributed by atoms with Crippen LogP contribution in [-0.2, 0) is 21.2 Å². The number of fused-ring (bicyclic) bond motifs is 1. The van der Waals surface area contributed by atoms with E-state index in [0.717, 1.165) is 33.7 Å². The first-order chi connectivity index (χ1) is 11.7. The predicted octanol–water partition coefficient (Wildman–Crippen LogP) is 1.64. The first-order valence-corrected chi connectivity index (χ1v) is 9.30. The van der Waals surface area contributed by atoms with Crippen LogP contribution in [0.25, 0.3) is 10.9 Å². The Hall–Kier alpha value is -2.10. The van der Waals surface area contributed by atoms with Crippen LogP contribution in [0.15, 0.2) is 24.4 Å². The molecular weight excluding hydrogens is 346 g/mol. The molecule has 0 spiro atoms. The highest BCUT2D eigenvalue weighted by atomic mass is 32.2. The normalized spacial score (nSPS) is 12.1. The van der Waals surface area contributed by atoms with Crippen molar-refractivity contribution in [3.63, 3.8) is 0 Å². The third-order valence-corrected chi connectivity index (χ3v) is 5.18. The topological polar surface area (TPSA) is 91.9 Å². The van der Waals surface area contributed by atoms with Gasteiger partial charge >= 0.3 is 6.16 Å². The van der Waals surface area contributed by atoms with E-state index < -0.39 is 22.1 Å². The molecule has 9 heteroatoms. The molecule has 0 saturated heterocycles. The maximum atomic E-state index is 11.9. The molecule has 0 unspecified atom stereocenters. The number of carbonyl (C=O) groups excluding carboxylic acids is 1. The molecule has 1 aromatic heterocycles. The number of nitrogens with one attached hydrogen (secondary N) is 1. The average Bonchev–Trinajstić information content (AvgIpc) is 2.95. The van der Waals surface area contributed by atoms with Gasteiger partial charge in [0.2, 0.25) is 16.0 Å². The fourth-order valence-corrected chi connectivity index (χ4v) is 2.65. The van der Waals surface area contributed by atoms with Crippen molar-refractivity contribution >= 4 is 27.1 Å². The van der Waals surface area contributed by atoms with E-state index in [1.54, 1.807) is 12.1 Å². The number of nitrogens with zero attached hydrogens (tertiary/aromatic N) is 2. The van der Waals surface area contributed by atoms with Gasteiger partial charge in [0.15, 0.2) is 0 Å². The third-order valence-electron chi connectivity index (χ3n) is 3.65. The summed E-state index contributed by atoms with van der Waals surface area (Å²) in [5, 5.41) is 0.789. The predicted molar refractivity (Wildman–Crippen MR) is 95.1 cm³/mol. The van der Waals surface area contributed by atoms with Crippen molar-refractivity contribution in [2.24, 2.45) is 0 Å². The monoisotopic (exact) mass is 369 g/mol. The summed E-state index contributed by atoms with van der Waals surface area (Å²) < 4.78 is 34.2. The van der Waals surface area contributed by atoms with Gasteiger partial charge in [0.25, 0.3) is 0 Å². The molecule has 1 heterocycles. The number of aromatic amines is 1. The van der Waals surface area contributed by atoms with Crippen molar-refractivity contribution in [1.29, 1.82) is 0 Å². The van der Waals surface area contributed by atoms with E-state index in [4.69, 9.17) is 9.47 Å². The summed E-state index contributed by atoms with van der Waals surface area (Å²) in [5.41, 5.74) is 1.84. The molecule has 0 radical (unpaired) electrons. The number of H-pyrrole nitrogens is 1. The minimum Gasteiger partial charge on any atom is -0.416 e. The van der Waals surface area contributed by atoms with Gasteiger partial charge < -0.3 is 19.4 Å². The van der Waals surface area contributed by atoms with E-state index in [9.17, 15) is 13.2 Å². The quantitative estimate of drug-likeness (QED) is 0.589. The first-order valence-electron chi connectivity index (χ1n) is 7.69. The fourth-order valence-electron chi connectivity index (χ4n) is 2.19. The van der Waals surface area contributed by atoms with E-state index in [1.165, 1.54) is 14.1 Å². The van der Waals surface area contributed by atoms with Gasteiger partial charge in [-0.25, -0.2) is 17.5 Å². The molecule has 25 heavy (non-hydrogen) atoms. The Morgan fingerprint density at radius 3 is 2.56 bits per heavy atom. The zero-order valence-corrected chi connectivity index (χ0v) is 15.6. The minimum atomic E-state index is -3.64. The SMILES string of the molecule is CN(C)CCc1c[nH]c2cccc(OC(=O)OCS(=O)(=O)N(C)C)c12. The van der Waals surface area contributed by atoms with Crippen molar-refractivity contribution < 1.29 is 22.7 Å². The molecule has 138 valence electrons. The molecule has 1 N–H and O–H groups in total. The van der Waals surface area contributed by atoms with Crippen LogP contribution in [0.1, 0.15) is 5.56 Å². The number of rotatable bonds is 7. The molecular formula is C16H23N3O5S. The second-order valence-electron chi connectivity index (χ2n) is 6.05. The van der Waals surface area contributed by atoms with Crippen LogP contribution in [0.3, 0.4) is 0 Å². The highest BCUT2D eigenvalue weighted by molar-refractivity contribution is 7.88. The van der Waals surface area contributed by atoms with Gasteiger partial charge in [-0.3, -0.25) is 0 Å². The number of sulfonamides is 1. The van der Waals surface area contributed by atoms with Gasteiger partial charge in [0.05, 0.1) is 0 Å². The van der Waals surface area contributed by atoms with Crippen molar-refractivity contribution in [2.75, 3.05) is 40.7 Å². The summed E-state index contributed by atoms with van der Waals surface area (Å²) in [6, 6.07) is 5.27. The zero-order valence-electron chi connectivity index (χ0n) is 14.8. The summed E-state index contributed by atoms with van der Waals surface area (Å²) in [4.78, 5) is 17.1. The van der Waals surface area contributed by atoms with Gasteiger partial charge in [-0.15, -0.1) is 0 Å². The Labute approximate surface area is 147 Å². The maximum Gasteiger partial charge on any atom is 0.514 e. The standard InChI is InChI=1S/C16H23N3O5S/c1-18(2)9-8-12-10-17-13-6-5-7-14(15(12)13)24-16(20)23-11-25(21,22)19(3)4/h5-7,10,17H,8-9,11H2,1-4H3. The van der Waals surface area contributed by atoms with Gasteiger partial charge in [0, 0.05) is 37.7 Å². The molecule has 8 nitrogen and oxygen atoms in total. The lowest BCUT2D eigenvalue weighted by molar-refractivity contribution is 0.114. The average molecular weight is 369 g/mol. The van der Waals surface area contributed by atoms with Gasteiger partial charge in [0.1, 0.15) is 5.75 Å². The summed E-state index contributed by atoms with van der Waals surface area (Å²) >= 11 is 0. The number of ether oxygens (including phenoxy) is 2. The van der Waals surface area contributed by atoms with Crippen molar-refractivity contribution in [1.82, 2.24) is 14.2 Å². The maximum absolute atomic E-state index is 11.9. The van der Waals surface area contributed by atoms with Crippen molar-refractivity contribution in [3.8, 4) is 5.75 Å². The Balaban J connectivity index is 2.15. The molecule has 0 atom stereocenters. The van der Waals surface area contributed by atoms with E-state index in [0.29, 0.717) is 5.75 Å². The lowest BCUT2D eigenvalue weighted by Crippen LogP contribution is -2.28. The van der Waals surface area contributed by atoms with Gasteiger partial charge in [-0.1, -0.05) is 6.07 Å². The zero-order chi connectivity index (χ0) is 18.6. The summed E-state index contributed by atoms with van der Waals surface area (Å²) in [5.74, 6) is -0.435. The highest BCUT2D eigenvalue weighted by Gasteiger charge is 2.19. The van der Waals surface area contributed by atoms with Crippen LogP contribution >= 0.6 is 0 Å². The highest BCUT2D eigenvalue weighted by Crippen LogP contribution is 2.29. The summed E-state index contributed by atoms with van der Waals surface area (Å²) in [6.07, 6.45) is 1.60. The molecule has 0 amide bonds. The van der Waals surface area contributed by atoms with E-state index >= 15 is 0 Å². The molecule has 0 bridgehead atoms. The van der Waals surface area contributed by atoms with Crippen LogP contribution in [0.5, 0.6) is 5.75 Å². The molecule has 0 fully saturated rings. The molecule has 1 aromatic carbocycles. The van der Waals surface area contributed by atoms with Crippen LogP contribution < -0.4 is 4.74 Å². The first kappa shape index (κ1) is 19.2. The summed E-state index contributed by atoms with van der Waals surface area (Å²) in [7, 11) is 3.04. The Morgan fingerprint density at radius 2 is 1.92 bits per heavy atom. The van der Waals surface area contributed by atoms with Crippen molar-refractivity contribution in [2.45, 2.75) is 6.42 Å². The van der Waals surface area contributed by atoms with Crippen LogP contribution in [0, 0.1) is 0 Å². The molecule has 0 saturated carbocycles. The Kier molecular flexibility index (Phi) is 6.04. The third kappa shape index (κ3) is 4.94. The van der Waals surface area contributed by atoms with E-state index in [-0.39, 0.29) is 0 Å². The molecule has 0 aliphatic carbocycles.